The molecule has 0 saturated carbocycles. The minimum Gasteiger partial charge on any atom is -0.395 e. The molecule has 16 heteroatoms. The van der Waals surface area contributed by atoms with Crippen molar-refractivity contribution in [3.63, 3.8) is 0 Å². The van der Waals surface area contributed by atoms with Crippen molar-refractivity contribution in [3.05, 3.63) is 107 Å². The minimum absolute atomic E-state index is 0.0878. The summed E-state index contributed by atoms with van der Waals surface area (Å²) in [5, 5.41) is 61.4. The first-order valence-electron chi connectivity index (χ1n) is 18.4. The van der Waals surface area contributed by atoms with Gasteiger partial charge in [-0.25, -0.2) is 0 Å². The maximum Gasteiger partial charge on any atom is 0.264 e. The third-order valence-corrected chi connectivity index (χ3v) is 13.6. The second kappa shape index (κ2) is 15.3. The quantitative estimate of drug-likeness (QED) is 0.0967. The number of aliphatic hydroxyl groups is 5. The molecule has 292 valence electrons. The van der Waals surface area contributed by atoms with Crippen molar-refractivity contribution in [3.8, 4) is 0 Å². The van der Waals surface area contributed by atoms with Crippen molar-refractivity contribution >= 4 is 31.6 Å². The Hall–Kier alpha value is -4.39. The molecule has 0 radical (unpaired) electrons. The van der Waals surface area contributed by atoms with E-state index < -0.39 is 68.2 Å². The normalized spacial score (nSPS) is 29.8. The first-order chi connectivity index (χ1) is 26.2. The predicted molar refractivity (Wildman–Crippen MR) is 200 cm³/mol. The van der Waals surface area contributed by atoms with Crippen molar-refractivity contribution in [2.75, 3.05) is 16.8 Å². The number of para-hydroxylation sites is 1. The van der Waals surface area contributed by atoms with E-state index in [4.69, 9.17) is 9.47 Å². The molecule has 0 aliphatic carbocycles. The second-order valence-electron chi connectivity index (χ2n) is 15.1. The average molecular weight is 776 g/mol. The third kappa shape index (κ3) is 7.13. The lowest BCUT2D eigenvalue weighted by Gasteiger charge is -2.37. The maximum atomic E-state index is 16.4. The molecule has 2 amide bonds. The van der Waals surface area contributed by atoms with Crippen LogP contribution in [0.3, 0.4) is 0 Å². The van der Waals surface area contributed by atoms with Gasteiger partial charge in [-0.1, -0.05) is 72.8 Å². The Bertz CT molecular complexity index is 2020. The summed E-state index contributed by atoms with van der Waals surface area (Å²) in [4.78, 5) is 29.4. The largest absolute Gasteiger partial charge is 0.395 e. The summed E-state index contributed by atoms with van der Waals surface area (Å²) in [5.74, 6) is -2.04. The fourth-order valence-electron chi connectivity index (χ4n) is 8.55. The van der Waals surface area contributed by atoms with E-state index in [0.717, 1.165) is 5.56 Å². The number of carbonyl (C=O) groups excluding carboxylic acids is 2. The van der Waals surface area contributed by atoms with Crippen LogP contribution >= 0.6 is 0 Å². The van der Waals surface area contributed by atoms with Crippen LogP contribution in [0, 0.1) is 5.92 Å². The molecule has 14 nitrogen and oxygen atoms in total. The number of benzene rings is 3. The van der Waals surface area contributed by atoms with E-state index >= 15 is 4.11 Å². The van der Waals surface area contributed by atoms with Crippen molar-refractivity contribution in [2.24, 2.45) is 5.92 Å². The number of hydrogen-bond donors (Lipinski definition) is 6. The van der Waals surface area contributed by atoms with Crippen molar-refractivity contribution < 1.29 is 48.7 Å². The van der Waals surface area contributed by atoms with E-state index in [1.54, 1.807) is 53.1 Å². The Kier molecular flexibility index (Phi) is 10.8. The van der Waals surface area contributed by atoms with Gasteiger partial charge >= 0.3 is 0 Å². The minimum atomic E-state index is -3.43. The Morgan fingerprint density at radius 3 is 2.45 bits per heavy atom. The van der Waals surface area contributed by atoms with Gasteiger partial charge in [-0.3, -0.25) is 14.3 Å². The van der Waals surface area contributed by atoms with Gasteiger partial charge in [0.2, 0.25) is 8.41 Å². The summed E-state index contributed by atoms with van der Waals surface area (Å²) >= 11 is 0. The molecule has 3 aromatic carbocycles. The smallest absolute Gasteiger partial charge is 0.264 e. The zero-order valence-electron chi connectivity index (χ0n) is 30.6. The molecule has 4 heterocycles. The molecule has 10 atom stereocenters. The monoisotopic (exact) mass is 775 g/mol. The van der Waals surface area contributed by atoms with Gasteiger partial charge in [-0.05, 0) is 48.8 Å². The number of amides is 2. The Morgan fingerprint density at radius 1 is 1.00 bits per heavy atom. The summed E-state index contributed by atoms with van der Waals surface area (Å²) < 4.78 is 30.0. The van der Waals surface area contributed by atoms with E-state index in [0.29, 0.717) is 41.2 Å². The van der Waals surface area contributed by atoms with E-state index in [-0.39, 0.29) is 25.0 Å². The third-order valence-electron chi connectivity index (χ3n) is 11.2. The number of nitrogens with one attached hydrogen (secondary N) is 1. The lowest BCUT2D eigenvalue weighted by molar-refractivity contribution is -0.274. The summed E-state index contributed by atoms with van der Waals surface area (Å²) in [5.41, 5.74) is 1.76. The highest BCUT2D eigenvalue weighted by molar-refractivity contribution is 6.72. The number of nitrogens with zero attached hydrogens (tertiary/aromatic N) is 4. The van der Waals surface area contributed by atoms with Gasteiger partial charge in [0.05, 0.1) is 36.6 Å². The standard InChI is InChI=1S/C39H46FN5O9Si/c1-22-35(55(2,3)40)30(16-17-44-20-28(42-43-44)26(21-46)24-11-5-4-6-12-24)54-39(22)27-14-7-8-15-29(27)45(38(39)52)19-23-10-9-13-25(18-23)41-36(50)34-32(48)31(47)33(49)37(51)53-34/h4-15,18,20,22,26,30-35,37,46-49,51H,16-17,19,21H2,1-3H3,(H,41,50)/t22-,26?,30+,31-,32-,33+,34-,35-,37+,39+/m0/s1. The van der Waals surface area contributed by atoms with Crippen LogP contribution in [0.1, 0.15) is 41.6 Å². The number of rotatable bonds is 11. The van der Waals surface area contributed by atoms with Gasteiger partial charge in [0.25, 0.3) is 11.8 Å². The zero-order valence-corrected chi connectivity index (χ0v) is 31.6. The van der Waals surface area contributed by atoms with Gasteiger partial charge in [-0.2, -0.15) is 0 Å². The van der Waals surface area contributed by atoms with Gasteiger partial charge < -0.3 is 49.3 Å². The number of halogens is 1. The number of carbonyl (C=O) groups is 2. The number of aliphatic hydroxyl groups excluding tert-OH is 5. The van der Waals surface area contributed by atoms with E-state index in [2.05, 4.69) is 15.6 Å². The fourth-order valence-corrected chi connectivity index (χ4v) is 11.1. The molecule has 2 saturated heterocycles. The van der Waals surface area contributed by atoms with E-state index in [1.165, 1.54) is 0 Å². The Labute approximate surface area is 318 Å². The molecule has 7 rings (SSSR count). The van der Waals surface area contributed by atoms with Gasteiger partial charge in [-0.15, -0.1) is 5.10 Å². The molecule has 0 bridgehead atoms. The lowest BCUT2D eigenvalue weighted by atomic mass is 9.82. The number of aromatic nitrogens is 3. The molecule has 4 aromatic rings. The molecular weight excluding hydrogens is 730 g/mol. The van der Waals surface area contributed by atoms with Gasteiger partial charge in [0.1, 0.15) is 18.3 Å². The number of hydrogen-bond acceptors (Lipinski definition) is 11. The Morgan fingerprint density at radius 2 is 1.73 bits per heavy atom. The van der Waals surface area contributed by atoms with Gasteiger partial charge in [0, 0.05) is 35.5 Å². The van der Waals surface area contributed by atoms with Crippen LogP contribution in [0.25, 0.3) is 0 Å². The van der Waals surface area contributed by atoms with Crippen molar-refractivity contribution in [1.29, 1.82) is 0 Å². The Balaban J connectivity index is 1.11. The van der Waals surface area contributed by atoms with Crippen LogP contribution in [0.2, 0.25) is 18.6 Å². The van der Waals surface area contributed by atoms with Crippen LogP contribution in [-0.2, 0) is 37.8 Å². The predicted octanol–water partition coefficient (Wildman–Crippen LogP) is 2.55. The first-order valence-corrected chi connectivity index (χ1v) is 21.3. The molecule has 2 fully saturated rings. The van der Waals surface area contributed by atoms with E-state index in [1.807, 2.05) is 61.5 Å². The van der Waals surface area contributed by atoms with E-state index in [9.17, 15) is 35.1 Å². The van der Waals surface area contributed by atoms with Gasteiger partial charge in [0.15, 0.2) is 18.0 Å². The first kappa shape index (κ1) is 38.9. The molecule has 55 heavy (non-hydrogen) atoms. The van der Waals surface area contributed by atoms with Crippen molar-refractivity contribution in [2.45, 2.75) is 93.4 Å². The van der Waals surface area contributed by atoms with Crippen LogP contribution in [-0.4, -0.2) is 104 Å². The molecule has 3 aliphatic rings. The molecule has 1 aromatic heterocycles. The number of ether oxygens (including phenoxy) is 2. The zero-order chi connectivity index (χ0) is 39.2. The van der Waals surface area contributed by atoms with Crippen LogP contribution in [0.4, 0.5) is 15.5 Å². The molecule has 3 aliphatic heterocycles. The fraction of sp³-hybridized carbons (Fsp3) is 0.436. The highest BCUT2D eigenvalue weighted by Gasteiger charge is 2.66. The highest BCUT2D eigenvalue weighted by Crippen LogP contribution is 2.60. The number of aryl methyl sites for hydroxylation is 1. The number of anilines is 2. The second-order valence-corrected chi connectivity index (χ2v) is 18.9. The SMILES string of the molecule is C[C@H]1[C@H]([Si](C)(C)F)[C@@H](CCn2cc(C(CO)c3ccccc3)nn2)O[C@]12C(=O)N(Cc1cccc(NC(=O)[C@H]3O[C@@H](O)[C@H](O)[C@@H](O)[C@@H]3O)c1)c1ccccc12. The average Bonchev–Trinajstić information content (AvgIpc) is 3.82. The lowest BCUT2D eigenvalue weighted by Crippen LogP contribution is -2.60. The van der Waals surface area contributed by atoms with Crippen LogP contribution < -0.4 is 10.2 Å². The molecule has 6 N–H and O–H groups in total. The van der Waals surface area contributed by atoms with Crippen LogP contribution in [0.15, 0.2) is 85.1 Å². The molecule has 1 spiro atoms. The van der Waals surface area contributed by atoms with Crippen LogP contribution in [0.5, 0.6) is 0 Å². The summed E-state index contributed by atoms with van der Waals surface area (Å²) in [7, 11) is -3.43. The summed E-state index contributed by atoms with van der Waals surface area (Å²) in [6.07, 6.45) is -7.36. The molecular formula is C39H46FN5O9Si. The number of fused-ring (bicyclic) bond motifs is 2. The van der Waals surface area contributed by atoms with Crippen molar-refractivity contribution in [1.82, 2.24) is 15.0 Å². The highest BCUT2D eigenvalue weighted by atomic mass is 28.4. The summed E-state index contributed by atoms with van der Waals surface area (Å²) in [6, 6.07) is 23.6. The maximum absolute atomic E-state index is 16.4. The topological polar surface area (TPSA) is 200 Å². The molecule has 1 unspecified atom stereocenters. The summed E-state index contributed by atoms with van der Waals surface area (Å²) in [6.45, 7) is 5.48.